The first-order valence-corrected chi connectivity index (χ1v) is 10.5. The first-order valence-electron chi connectivity index (χ1n) is 10.5. The summed E-state index contributed by atoms with van der Waals surface area (Å²) in [5.41, 5.74) is 5.93. The van der Waals surface area contributed by atoms with E-state index in [1.54, 1.807) is 0 Å². The van der Waals surface area contributed by atoms with Crippen molar-refractivity contribution in [1.82, 2.24) is 16.0 Å². The minimum Gasteiger partial charge on any atom is -0.480 e. The van der Waals surface area contributed by atoms with Crippen molar-refractivity contribution < 1.29 is 34.5 Å². The van der Waals surface area contributed by atoms with Gasteiger partial charge in [0.25, 0.3) is 0 Å². The number of nitrogens with one attached hydrogen (secondary N) is 3. The van der Waals surface area contributed by atoms with Crippen LogP contribution in [0.15, 0.2) is 0 Å². The summed E-state index contributed by atoms with van der Waals surface area (Å²) in [6.45, 7) is 9.83. The Labute approximate surface area is 183 Å². The van der Waals surface area contributed by atoms with E-state index < -0.39 is 60.1 Å². The van der Waals surface area contributed by atoms with Gasteiger partial charge in [0.2, 0.25) is 17.7 Å². The zero-order valence-electron chi connectivity index (χ0n) is 19.1. The van der Waals surface area contributed by atoms with Crippen LogP contribution < -0.4 is 21.7 Å². The van der Waals surface area contributed by atoms with Gasteiger partial charge in [0.15, 0.2) is 6.04 Å². The fourth-order valence-corrected chi connectivity index (χ4v) is 2.77. The average Bonchev–Trinajstić information content (AvgIpc) is 2.66. The van der Waals surface area contributed by atoms with Crippen LogP contribution >= 0.6 is 0 Å². The number of nitrogens with two attached hydrogens (primary N) is 1. The first-order chi connectivity index (χ1) is 14.2. The lowest BCUT2D eigenvalue weighted by Gasteiger charge is -2.28. The van der Waals surface area contributed by atoms with Gasteiger partial charge in [-0.3, -0.25) is 14.4 Å². The van der Waals surface area contributed by atoms with Crippen LogP contribution in [0.2, 0.25) is 0 Å². The van der Waals surface area contributed by atoms with Crippen LogP contribution in [0, 0.1) is 11.8 Å². The van der Waals surface area contributed by atoms with Crippen molar-refractivity contribution in [3.05, 3.63) is 0 Å². The third-order valence-corrected chi connectivity index (χ3v) is 5.01. The second-order valence-electron chi connectivity index (χ2n) is 8.39. The number of carboxylic acids is 1. The molecule has 0 aromatic heterocycles. The number of hydrogen-bond donors (Lipinski definition) is 7. The lowest BCUT2D eigenvalue weighted by atomic mass is 9.97. The van der Waals surface area contributed by atoms with Gasteiger partial charge in [-0.05, 0) is 32.1 Å². The van der Waals surface area contributed by atoms with Crippen LogP contribution in [-0.4, -0.2) is 75.4 Å². The van der Waals surface area contributed by atoms with Crippen molar-refractivity contribution in [3.63, 3.8) is 0 Å². The molecule has 0 aliphatic rings. The number of aliphatic carboxylic acids is 1. The summed E-state index contributed by atoms with van der Waals surface area (Å²) in [4.78, 5) is 49.0. The van der Waals surface area contributed by atoms with Gasteiger partial charge >= 0.3 is 5.97 Å². The molecule has 180 valence electrons. The Balaban J connectivity index is 5.46. The van der Waals surface area contributed by atoms with E-state index >= 15 is 0 Å². The summed E-state index contributed by atoms with van der Waals surface area (Å²) in [5, 5.41) is 35.7. The summed E-state index contributed by atoms with van der Waals surface area (Å²) < 4.78 is 0. The molecule has 0 aromatic carbocycles. The Bertz CT molecular complexity index is 625. The zero-order chi connectivity index (χ0) is 24.5. The van der Waals surface area contributed by atoms with Gasteiger partial charge in [0.05, 0.1) is 18.2 Å². The maximum atomic E-state index is 12.8. The molecule has 0 saturated heterocycles. The van der Waals surface area contributed by atoms with Gasteiger partial charge in [0, 0.05) is 0 Å². The Kier molecular flexibility index (Phi) is 12.3. The Hall–Kier alpha value is -2.24. The van der Waals surface area contributed by atoms with E-state index in [9.17, 15) is 29.4 Å². The highest BCUT2D eigenvalue weighted by Gasteiger charge is 2.34. The largest absolute Gasteiger partial charge is 0.480 e. The first kappa shape index (κ1) is 28.8. The van der Waals surface area contributed by atoms with Crippen molar-refractivity contribution in [2.75, 3.05) is 0 Å². The fraction of sp³-hybridized carbons (Fsp3) is 0.800. The molecule has 7 unspecified atom stereocenters. The monoisotopic (exact) mass is 446 g/mol. The third kappa shape index (κ3) is 9.62. The van der Waals surface area contributed by atoms with Crippen LogP contribution in [0.3, 0.4) is 0 Å². The molecule has 0 saturated carbocycles. The molecule has 0 radical (unpaired) electrons. The van der Waals surface area contributed by atoms with E-state index in [0.717, 1.165) is 0 Å². The molecule has 0 bridgehead atoms. The van der Waals surface area contributed by atoms with Crippen molar-refractivity contribution >= 4 is 23.7 Å². The molecule has 0 spiro atoms. The predicted octanol–water partition coefficient (Wildman–Crippen LogP) is -1.29. The van der Waals surface area contributed by atoms with Crippen LogP contribution in [0.4, 0.5) is 0 Å². The smallest absolute Gasteiger partial charge is 0.328 e. The molecule has 3 amide bonds. The molecular formula is C20H38N4O7. The standard InChI is InChI=1S/C20H38N4O7/c1-7-10(4)14(21)18(28)22-13(8-9(2)3)17(27)23-15(11(5)25)19(29)24-16(12(6)26)20(30)31/h9-16,25-26H,7-8,21H2,1-6H3,(H,22,28)(H,23,27)(H,24,29)(H,30,31). The molecule has 0 heterocycles. The fourth-order valence-electron chi connectivity index (χ4n) is 2.77. The van der Waals surface area contributed by atoms with Crippen molar-refractivity contribution in [2.45, 2.75) is 90.8 Å². The highest BCUT2D eigenvalue weighted by molar-refractivity contribution is 5.94. The molecule has 8 N–H and O–H groups in total. The molecule has 0 aliphatic heterocycles. The summed E-state index contributed by atoms with van der Waals surface area (Å²) in [6.07, 6.45) is -1.84. The average molecular weight is 447 g/mol. The van der Waals surface area contributed by atoms with E-state index in [1.807, 2.05) is 27.7 Å². The van der Waals surface area contributed by atoms with Gasteiger partial charge in [-0.25, -0.2) is 4.79 Å². The number of carboxylic acid groups (broad SMARTS) is 1. The minimum atomic E-state index is -1.62. The number of aliphatic hydroxyl groups excluding tert-OH is 2. The van der Waals surface area contributed by atoms with Gasteiger partial charge in [-0.15, -0.1) is 0 Å². The predicted molar refractivity (Wildman–Crippen MR) is 114 cm³/mol. The Morgan fingerprint density at radius 2 is 1.29 bits per heavy atom. The van der Waals surface area contributed by atoms with Crippen molar-refractivity contribution in [2.24, 2.45) is 17.6 Å². The molecular weight excluding hydrogens is 408 g/mol. The molecule has 0 aromatic rings. The van der Waals surface area contributed by atoms with Gasteiger partial charge < -0.3 is 37.0 Å². The molecule has 0 fully saturated rings. The molecule has 11 heteroatoms. The van der Waals surface area contributed by atoms with E-state index in [1.165, 1.54) is 13.8 Å². The minimum absolute atomic E-state index is 0.0151. The van der Waals surface area contributed by atoms with Gasteiger partial charge in [0.1, 0.15) is 12.1 Å². The van der Waals surface area contributed by atoms with Gasteiger partial charge in [-0.2, -0.15) is 0 Å². The zero-order valence-corrected chi connectivity index (χ0v) is 19.1. The Morgan fingerprint density at radius 1 is 0.806 bits per heavy atom. The number of rotatable bonds is 13. The summed E-state index contributed by atoms with van der Waals surface area (Å²) in [7, 11) is 0. The quantitative estimate of drug-likeness (QED) is 0.182. The van der Waals surface area contributed by atoms with E-state index in [-0.39, 0.29) is 18.3 Å². The number of amides is 3. The van der Waals surface area contributed by atoms with E-state index in [4.69, 9.17) is 10.8 Å². The molecule has 7 atom stereocenters. The number of aliphatic hydroxyl groups is 2. The second kappa shape index (κ2) is 13.2. The highest BCUT2D eigenvalue weighted by atomic mass is 16.4. The number of carbonyl (C=O) groups is 4. The number of carbonyl (C=O) groups excluding carboxylic acids is 3. The SMILES string of the molecule is CCC(C)C(N)C(=O)NC(CC(C)C)C(=O)NC(C(=O)NC(C(=O)O)C(C)O)C(C)O. The molecule has 31 heavy (non-hydrogen) atoms. The van der Waals surface area contributed by atoms with Crippen molar-refractivity contribution in [3.8, 4) is 0 Å². The second-order valence-corrected chi connectivity index (χ2v) is 8.39. The topological polar surface area (TPSA) is 191 Å². The summed E-state index contributed by atoms with van der Waals surface area (Å²) >= 11 is 0. The molecule has 0 aliphatic carbocycles. The molecule has 0 rings (SSSR count). The van der Waals surface area contributed by atoms with Crippen LogP contribution in [0.5, 0.6) is 0 Å². The third-order valence-electron chi connectivity index (χ3n) is 5.01. The lowest BCUT2D eigenvalue weighted by Crippen LogP contribution is -2.61. The van der Waals surface area contributed by atoms with Crippen LogP contribution in [0.1, 0.15) is 54.4 Å². The summed E-state index contributed by atoms with van der Waals surface area (Å²) in [5.74, 6) is -3.77. The maximum absolute atomic E-state index is 12.8. The maximum Gasteiger partial charge on any atom is 0.328 e. The van der Waals surface area contributed by atoms with Crippen molar-refractivity contribution in [1.29, 1.82) is 0 Å². The van der Waals surface area contributed by atoms with Gasteiger partial charge in [-0.1, -0.05) is 34.1 Å². The lowest BCUT2D eigenvalue weighted by molar-refractivity contribution is -0.146. The molecule has 11 nitrogen and oxygen atoms in total. The van der Waals surface area contributed by atoms with E-state index in [2.05, 4.69) is 16.0 Å². The highest BCUT2D eigenvalue weighted by Crippen LogP contribution is 2.10. The normalized spacial score (nSPS) is 18.1. The Morgan fingerprint density at radius 3 is 1.68 bits per heavy atom. The van der Waals surface area contributed by atoms with Crippen LogP contribution in [-0.2, 0) is 19.2 Å². The van der Waals surface area contributed by atoms with E-state index in [0.29, 0.717) is 6.42 Å². The summed E-state index contributed by atoms with van der Waals surface area (Å²) in [6, 6.07) is -4.94. The number of hydrogen-bond acceptors (Lipinski definition) is 7. The van der Waals surface area contributed by atoms with Crippen LogP contribution in [0.25, 0.3) is 0 Å².